The first-order valence-electron chi connectivity index (χ1n) is 6.25. The van der Waals surface area contributed by atoms with E-state index in [4.69, 9.17) is 9.84 Å². The van der Waals surface area contributed by atoms with Gasteiger partial charge in [0.15, 0.2) is 0 Å². The van der Waals surface area contributed by atoms with E-state index in [1.54, 1.807) is 0 Å². The van der Waals surface area contributed by atoms with Crippen molar-refractivity contribution in [3.8, 4) is 0 Å². The lowest BCUT2D eigenvalue weighted by atomic mass is 10.2. The second kappa shape index (κ2) is 6.33. The van der Waals surface area contributed by atoms with Crippen molar-refractivity contribution < 1.29 is 14.6 Å². The van der Waals surface area contributed by atoms with E-state index in [-0.39, 0.29) is 18.2 Å². The molecule has 3 unspecified atom stereocenters. The SMILES string of the molecule is CC(C)NC(CN1CC(C)OC(C)C1)C(=O)O. The first kappa shape index (κ1) is 14.4. The van der Waals surface area contributed by atoms with Crippen LogP contribution < -0.4 is 5.32 Å². The van der Waals surface area contributed by atoms with E-state index in [1.807, 2.05) is 27.7 Å². The molecule has 0 bridgehead atoms. The van der Waals surface area contributed by atoms with Gasteiger partial charge >= 0.3 is 5.97 Å². The predicted octanol–water partition coefficient (Wildman–Crippen LogP) is 0.547. The number of nitrogens with one attached hydrogen (secondary N) is 1. The van der Waals surface area contributed by atoms with Crippen molar-refractivity contribution in [1.82, 2.24) is 10.2 Å². The number of aliphatic carboxylic acids is 1. The molecule has 1 aliphatic heterocycles. The molecule has 100 valence electrons. The number of morpholine rings is 1. The van der Waals surface area contributed by atoms with Gasteiger partial charge in [-0.15, -0.1) is 0 Å². The summed E-state index contributed by atoms with van der Waals surface area (Å²) in [6.07, 6.45) is 0.347. The summed E-state index contributed by atoms with van der Waals surface area (Å²) in [5, 5.41) is 12.2. The average molecular weight is 244 g/mol. The Labute approximate surface area is 103 Å². The van der Waals surface area contributed by atoms with E-state index in [0.29, 0.717) is 6.54 Å². The summed E-state index contributed by atoms with van der Waals surface area (Å²) in [6.45, 7) is 10.1. The molecule has 17 heavy (non-hydrogen) atoms. The number of rotatable bonds is 5. The van der Waals surface area contributed by atoms with Crippen LogP contribution in [-0.2, 0) is 9.53 Å². The minimum absolute atomic E-state index is 0.173. The quantitative estimate of drug-likeness (QED) is 0.739. The molecule has 0 amide bonds. The Morgan fingerprint density at radius 3 is 2.35 bits per heavy atom. The average Bonchev–Trinajstić information content (AvgIpc) is 2.13. The topological polar surface area (TPSA) is 61.8 Å². The van der Waals surface area contributed by atoms with Gasteiger partial charge < -0.3 is 15.2 Å². The van der Waals surface area contributed by atoms with E-state index in [0.717, 1.165) is 13.1 Å². The summed E-state index contributed by atoms with van der Waals surface area (Å²) >= 11 is 0. The highest BCUT2D eigenvalue weighted by atomic mass is 16.5. The summed E-state index contributed by atoms with van der Waals surface area (Å²) in [5.74, 6) is -0.787. The second-order valence-electron chi connectivity index (χ2n) is 5.19. The molecule has 0 saturated carbocycles. The van der Waals surface area contributed by atoms with E-state index in [1.165, 1.54) is 0 Å². The first-order valence-corrected chi connectivity index (χ1v) is 6.25. The van der Waals surface area contributed by atoms with Crippen LogP contribution in [0.2, 0.25) is 0 Å². The third-order valence-electron chi connectivity index (χ3n) is 2.77. The molecule has 5 nitrogen and oxygen atoms in total. The Morgan fingerprint density at radius 2 is 1.94 bits per heavy atom. The molecule has 3 atom stereocenters. The molecule has 1 aliphatic rings. The van der Waals surface area contributed by atoms with E-state index < -0.39 is 12.0 Å². The Balaban J connectivity index is 2.51. The van der Waals surface area contributed by atoms with Crippen molar-refractivity contribution in [3.63, 3.8) is 0 Å². The van der Waals surface area contributed by atoms with Crippen molar-refractivity contribution in [1.29, 1.82) is 0 Å². The van der Waals surface area contributed by atoms with Crippen LogP contribution in [0.15, 0.2) is 0 Å². The molecular weight excluding hydrogens is 220 g/mol. The van der Waals surface area contributed by atoms with E-state index in [2.05, 4.69) is 10.2 Å². The maximum atomic E-state index is 11.2. The maximum absolute atomic E-state index is 11.2. The van der Waals surface area contributed by atoms with E-state index in [9.17, 15) is 4.79 Å². The Bertz CT molecular complexity index is 248. The highest BCUT2D eigenvalue weighted by molar-refractivity contribution is 5.73. The minimum atomic E-state index is -0.787. The zero-order chi connectivity index (χ0) is 13.0. The van der Waals surface area contributed by atoms with Crippen molar-refractivity contribution in [2.75, 3.05) is 19.6 Å². The summed E-state index contributed by atoms with van der Waals surface area (Å²) in [4.78, 5) is 13.3. The lowest BCUT2D eigenvalue weighted by molar-refractivity contribution is -0.141. The Morgan fingerprint density at radius 1 is 1.41 bits per heavy atom. The number of carboxylic acid groups (broad SMARTS) is 1. The zero-order valence-corrected chi connectivity index (χ0v) is 11.1. The molecule has 5 heteroatoms. The van der Waals surface area contributed by atoms with Crippen molar-refractivity contribution >= 4 is 5.97 Å². The van der Waals surface area contributed by atoms with Crippen molar-refractivity contribution in [2.45, 2.75) is 52.0 Å². The molecule has 0 spiro atoms. The predicted molar refractivity (Wildman–Crippen MR) is 66.1 cm³/mol. The minimum Gasteiger partial charge on any atom is -0.480 e. The van der Waals surface area contributed by atoms with Crippen LogP contribution in [0.25, 0.3) is 0 Å². The summed E-state index contributed by atoms with van der Waals surface area (Å²) in [5.41, 5.74) is 0. The zero-order valence-electron chi connectivity index (χ0n) is 11.1. The monoisotopic (exact) mass is 244 g/mol. The molecule has 0 aromatic heterocycles. The van der Waals surface area contributed by atoms with Gasteiger partial charge in [-0.3, -0.25) is 9.69 Å². The highest BCUT2D eigenvalue weighted by Crippen LogP contribution is 2.11. The molecule has 1 heterocycles. The third kappa shape index (κ3) is 5.02. The Kier molecular flexibility index (Phi) is 5.36. The molecule has 0 radical (unpaired) electrons. The number of carbonyl (C=O) groups is 1. The molecular formula is C12H24N2O3. The smallest absolute Gasteiger partial charge is 0.322 e. The largest absolute Gasteiger partial charge is 0.480 e. The van der Waals surface area contributed by atoms with E-state index >= 15 is 0 Å². The van der Waals surface area contributed by atoms with Gasteiger partial charge in [0, 0.05) is 25.7 Å². The van der Waals surface area contributed by atoms with Gasteiger partial charge in [0.1, 0.15) is 6.04 Å². The fourth-order valence-corrected chi connectivity index (χ4v) is 2.30. The summed E-state index contributed by atoms with van der Waals surface area (Å²) in [6, 6.07) is -0.334. The van der Waals surface area contributed by atoms with Gasteiger partial charge in [0.2, 0.25) is 0 Å². The Hall–Kier alpha value is -0.650. The molecule has 2 N–H and O–H groups in total. The number of nitrogens with zero attached hydrogens (tertiary/aromatic N) is 1. The number of ether oxygens (including phenoxy) is 1. The lowest BCUT2D eigenvalue weighted by Crippen LogP contribution is -2.53. The number of hydrogen-bond acceptors (Lipinski definition) is 4. The van der Waals surface area contributed by atoms with Crippen LogP contribution in [0.4, 0.5) is 0 Å². The van der Waals surface area contributed by atoms with Crippen LogP contribution in [-0.4, -0.2) is 59.9 Å². The fourth-order valence-electron chi connectivity index (χ4n) is 2.30. The maximum Gasteiger partial charge on any atom is 0.322 e. The molecule has 1 rings (SSSR count). The normalized spacial score (nSPS) is 28.3. The fraction of sp³-hybridized carbons (Fsp3) is 0.917. The lowest BCUT2D eigenvalue weighted by Gasteiger charge is -2.36. The molecule has 1 saturated heterocycles. The number of hydrogen-bond donors (Lipinski definition) is 2. The van der Waals surface area contributed by atoms with Crippen LogP contribution in [0.1, 0.15) is 27.7 Å². The van der Waals surface area contributed by atoms with Gasteiger partial charge in [-0.1, -0.05) is 13.8 Å². The van der Waals surface area contributed by atoms with Crippen LogP contribution in [0, 0.1) is 0 Å². The van der Waals surface area contributed by atoms with Crippen molar-refractivity contribution in [2.24, 2.45) is 0 Å². The van der Waals surface area contributed by atoms with Crippen LogP contribution in [0.3, 0.4) is 0 Å². The number of carboxylic acids is 1. The van der Waals surface area contributed by atoms with Crippen LogP contribution >= 0.6 is 0 Å². The van der Waals surface area contributed by atoms with Gasteiger partial charge in [-0.05, 0) is 13.8 Å². The van der Waals surface area contributed by atoms with Gasteiger partial charge in [-0.25, -0.2) is 0 Å². The second-order valence-corrected chi connectivity index (χ2v) is 5.19. The molecule has 0 aliphatic carbocycles. The first-order chi connectivity index (χ1) is 7.88. The van der Waals surface area contributed by atoms with Gasteiger partial charge in [0.25, 0.3) is 0 Å². The molecule has 0 aromatic carbocycles. The highest BCUT2D eigenvalue weighted by Gasteiger charge is 2.27. The third-order valence-corrected chi connectivity index (χ3v) is 2.77. The molecule has 0 aromatic rings. The van der Waals surface area contributed by atoms with Crippen LogP contribution in [0.5, 0.6) is 0 Å². The standard InChI is InChI=1S/C12H24N2O3/c1-8(2)13-11(12(15)16)7-14-5-9(3)17-10(4)6-14/h8-11,13H,5-7H2,1-4H3,(H,15,16). The van der Waals surface area contributed by atoms with Gasteiger partial charge in [-0.2, -0.15) is 0 Å². The van der Waals surface area contributed by atoms with Gasteiger partial charge in [0.05, 0.1) is 12.2 Å². The van der Waals surface area contributed by atoms with Crippen molar-refractivity contribution in [3.05, 3.63) is 0 Å². The summed E-state index contributed by atoms with van der Waals surface area (Å²) in [7, 11) is 0. The molecule has 1 fully saturated rings. The summed E-state index contributed by atoms with van der Waals surface area (Å²) < 4.78 is 5.63.